The molecule has 0 fully saturated rings. The molecule has 0 aliphatic heterocycles. The number of hydrogen-bond acceptors (Lipinski definition) is 2. The van der Waals surface area contributed by atoms with Crippen LogP contribution in [-0.4, -0.2) is 17.6 Å². The van der Waals surface area contributed by atoms with Gasteiger partial charge in [-0.15, -0.1) is 0 Å². The summed E-state index contributed by atoms with van der Waals surface area (Å²) in [6.07, 6.45) is -3.55. The van der Waals surface area contributed by atoms with E-state index in [0.717, 1.165) is 12.1 Å². The normalized spacial score (nSPS) is 13.1. The van der Waals surface area contributed by atoms with Crippen molar-refractivity contribution in [1.82, 2.24) is 0 Å². The van der Waals surface area contributed by atoms with Crippen molar-refractivity contribution in [2.75, 3.05) is 11.9 Å². The summed E-state index contributed by atoms with van der Waals surface area (Å²) in [5.41, 5.74) is -1.22. The van der Waals surface area contributed by atoms with Gasteiger partial charge in [-0.25, -0.2) is 4.39 Å². The lowest BCUT2D eigenvalue weighted by atomic mass is 10.0. The molecule has 0 heterocycles. The summed E-state index contributed by atoms with van der Waals surface area (Å²) >= 11 is 0. The summed E-state index contributed by atoms with van der Waals surface area (Å²) < 4.78 is 50.6. The Hall–Kier alpha value is -1.79. The fraction of sp³-hybridized carbons (Fsp3) is 0.462. The number of carbonyl (C=O) groups is 1. The average molecular weight is 293 g/mol. The van der Waals surface area contributed by atoms with Crippen LogP contribution in [0.5, 0.6) is 0 Å². The van der Waals surface area contributed by atoms with Crippen LogP contribution in [-0.2, 0) is 11.0 Å². The Morgan fingerprint density at radius 2 is 2.05 bits per heavy atom. The minimum absolute atomic E-state index is 0.0363. The predicted molar refractivity (Wildman–Crippen MR) is 65.9 cm³/mol. The molecule has 1 atom stereocenters. The van der Waals surface area contributed by atoms with E-state index < -0.39 is 29.4 Å². The van der Waals surface area contributed by atoms with Crippen LogP contribution < -0.4 is 5.32 Å². The zero-order valence-corrected chi connectivity index (χ0v) is 10.8. The standard InChI is InChI=1S/C13H15F4NO2/c1-2-3-8(12(19)20)7-18-11-5-4-9(6-10(11)14)13(15,16)17/h4-6,8,18H,2-3,7H2,1H3,(H,19,20). The molecule has 0 aliphatic rings. The molecule has 0 aromatic heterocycles. The molecule has 7 heteroatoms. The van der Waals surface area contributed by atoms with Gasteiger partial charge < -0.3 is 10.4 Å². The van der Waals surface area contributed by atoms with Gasteiger partial charge >= 0.3 is 12.1 Å². The molecule has 0 aliphatic carbocycles. The van der Waals surface area contributed by atoms with Crippen molar-refractivity contribution in [1.29, 1.82) is 0 Å². The van der Waals surface area contributed by atoms with Gasteiger partial charge in [0.25, 0.3) is 0 Å². The Labute approximate surface area is 113 Å². The fourth-order valence-electron chi connectivity index (χ4n) is 1.73. The molecule has 0 saturated heterocycles. The third kappa shape index (κ3) is 4.40. The molecule has 1 unspecified atom stereocenters. The monoisotopic (exact) mass is 293 g/mol. The third-order valence-corrected chi connectivity index (χ3v) is 2.82. The molecular formula is C13H15F4NO2. The van der Waals surface area contributed by atoms with Gasteiger partial charge in [-0.3, -0.25) is 4.79 Å². The number of aliphatic carboxylic acids is 1. The van der Waals surface area contributed by atoms with E-state index in [4.69, 9.17) is 5.11 Å². The number of benzene rings is 1. The number of hydrogen-bond donors (Lipinski definition) is 2. The summed E-state index contributed by atoms with van der Waals surface area (Å²) in [7, 11) is 0. The lowest BCUT2D eigenvalue weighted by Gasteiger charge is -2.15. The third-order valence-electron chi connectivity index (χ3n) is 2.82. The van der Waals surface area contributed by atoms with Crippen LogP contribution in [0, 0.1) is 11.7 Å². The Bertz CT molecular complexity index is 474. The molecule has 0 bridgehead atoms. The van der Waals surface area contributed by atoms with E-state index in [1.54, 1.807) is 0 Å². The van der Waals surface area contributed by atoms with Crippen LogP contribution in [0.25, 0.3) is 0 Å². The van der Waals surface area contributed by atoms with E-state index in [1.165, 1.54) is 0 Å². The van der Waals surface area contributed by atoms with Gasteiger partial charge in [0.1, 0.15) is 5.82 Å². The van der Waals surface area contributed by atoms with E-state index >= 15 is 0 Å². The highest BCUT2D eigenvalue weighted by Gasteiger charge is 2.31. The average Bonchev–Trinajstić information content (AvgIpc) is 2.34. The highest BCUT2D eigenvalue weighted by atomic mass is 19.4. The van der Waals surface area contributed by atoms with Crippen LogP contribution in [0.2, 0.25) is 0 Å². The fourth-order valence-corrected chi connectivity index (χ4v) is 1.73. The SMILES string of the molecule is CCCC(CNc1ccc(C(F)(F)F)cc1F)C(=O)O. The largest absolute Gasteiger partial charge is 0.481 e. The quantitative estimate of drug-likeness (QED) is 0.785. The van der Waals surface area contributed by atoms with Crippen molar-refractivity contribution in [3.63, 3.8) is 0 Å². The molecule has 2 N–H and O–H groups in total. The lowest BCUT2D eigenvalue weighted by molar-refractivity contribution is -0.141. The molecule has 0 spiro atoms. The van der Waals surface area contributed by atoms with Crippen molar-refractivity contribution in [2.45, 2.75) is 25.9 Å². The molecule has 112 valence electrons. The van der Waals surface area contributed by atoms with Crippen molar-refractivity contribution < 1.29 is 27.5 Å². The first kappa shape index (κ1) is 16.3. The maximum absolute atomic E-state index is 13.5. The van der Waals surface area contributed by atoms with E-state index in [1.807, 2.05) is 6.92 Å². The van der Waals surface area contributed by atoms with Crippen LogP contribution >= 0.6 is 0 Å². The molecule has 0 radical (unpaired) electrons. The minimum Gasteiger partial charge on any atom is -0.481 e. The van der Waals surface area contributed by atoms with E-state index in [0.29, 0.717) is 18.9 Å². The van der Waals surface area contributed by atoms with Crippen LogP contribution in [0.3, 0.4) is 0 Å². The maximum Gasteiger partial charge on any atom is 0.416 e. The Kier molecular flexibility index (Phi) is 5.35. The number of anilines is 1. The van der Waals surface area contributed by atoms with E-state index in [9.17, 15) is 22.4 Å². The Morgan fingerprint density at radius 3 is 2.50 bits per heavy atom. The summed E-state index contributed by atoms with van der Waals surface area (Å²) in [5.74, 6) is -2.78. The summed E-state index contributed by atoms with van der Waals surface area (Å²) in [5, 5.41) is 11.5. The highest BCUT2D eigenvalue weighted by molar-refractivity contribution is 5.70. The molecular weight excluding hydrogens is 278 g/mol. The summed E-state index contributed by atoms with van der Waals surface area (Å²) in [6, 6.07) is 2.10. The molecule has 1 aromatic carbocycles. The van der Waals surface area contributed by atoms with Gasteiger partial charge in [0.05, 0.1) is 17.2 Å². The second-order valence-electron chi connectivity index (χ2n) is 4.40. The van der Waals surface area contributed by atoms with E-state index in [2.05, 4.69) is 5.32 Å². The molecule has 1 aromatic rings. The Balaban J connectivity index is 2.76. The number of carboxylic acids is 1. The second-order valence-corrected chi connectivity index (χ2v) is 4.40. The first-order valence-electron chi connectivity index (χ1n) is 6.09. The molecule has 3 nitrogen and oxygen atoms in total. The summed E-state index contributed by atoms with van der Waals surface area (Å²) in [6.45, 7) is 1.78. The Morgan fingerprint density at radius 1 is 1.40 bits per heavy atom. The summed E-state index contributed by atoms with van der Waals surface area (Å²) in [4.78, 5) is 10.9. The number of rotatable bonds is 6. The number of alkyl halides is 3. The zero-order chi connectivity index (χ0) is 15.3. The van der Waals surface area contributed by atoms with Gasteiger partial charge in [-0.2, -0.15) is 13.2 Å². The van der Waals surface area contributed by atoms with Crippen LogP contribution in [0.15, 0.2) is 18.2 Å². The van der Waals surface area contributed by atoms with Crippen molar-refractivity contribution in [3.05, 3.63) is 29.6 Å². The molecule has 0 saturated carbocycles. The van der Waals surface area contributed by atoms with Crippen LogP contribution in [0.4, 0.5) is 23.2 Å². The van der Waals surface area contributed by atoms with Gasteiger partial charge in [0, 0.05) is 6.54 Å². The van der Waals surface area contributed by atoms with Crippen molar-refractivity contribution in [2.24, 2.45) is 5.92 Å². The van der Waals surface area contributed by atoms with Gasteiger partial charge in [0.2, 0.25) is 0 Å². The highest BCUT2D eigenvalue weighted by Crippen LogP contribution is 2.31. The second kappa shape index (κ2) is 6.58. The molecule has 1 rings (SSSR count). The number of carboxylic acid groups (broad SMARTS) is 1. The first-order valence-corrected chi connectivity index (χ1v) is 6.09. The minimum atomic E-state index is -4.61. The first-order chi connectivity index (χ1) is 9.25. The van der Waals surface area contributed by atoms with Gasteiger partial charge in [-0.05, 0) is 24.6 Å². The maximum atomic E-state index is 13.5. The van der Waals surface area contributed by atoms with Crippen molar-refractivity contribution >= 4 is 11.7 Å². The zero-order valence-electron chi connectivity index (χ0n) is 10.8. The van der Waals surface area contributed by atoms with Crippen molar-refractivity contribution in [3.8, 4) is 0 Å². The van der Waals surface area contributed by atoms with Gasteiger partial charge in [0.15, 0.2) is 0 Å². The number of nitrogens with one attached hydrogen (secondary N) is 1. The topological polar surface area (TPSA) is 49.3 Å². The predicted octanol–water partition coefficient (Wildman–Crippen LogP) is 3.76. The van der Waals surface area contributed by atoms with E-state index in [-0.39, 0.29) is 12.2 Å². The van der Waals surface area contributed by atoms with Crippen LogP contribution in [0.1, 0.15) is 25.3 Å². The lowest BCUT2D eigenvalue weighted by Crippen LogP contribution is -2.23. The number of halogens is 4. The molecule has 20 heavy (non-hydrogen) atoms. The van der Waals surface area contributed by atoms with Gasteiger partial charge in [-0.1, -0.05) is 13.3 Å². The molecule has 0 amide bonds. The smallest absolute Gasteiger partial charge is 0.416 e.